The standard InChI is InChI=1S/C10H11NOS/c1-12-10-4-2-3-9(7-10)8-11-5-6-13/h2-7H,8H2,1H3. The number of hydrogen-bond donors (Lipinski definition) is 0. The van der Waals surface area contributed by atoms with Crippen LogP contribution in [0.2, 0.25) is 0 Å². The molecule has 2 nitrogen and oxygen atoms in total. The molecule has 0 aliphatic rings. The zero-order chi connectivity index (χ0) is 9.52. The third kappa shape index (κ3) is 3.34. The molecule has 0 aliphatic heterocycles. The maximum absolute atomic E-state index is 5.08. The number of benzene rings is 1. The third-order valence-corrected chi connectivity index (χ3v) is 1.70. The number of hydrogen-bond acceptors (Lipinski definition) is 3. The van der Waals surface area contributed by atoms with E-state index in [0.717, 1.165) is 11.3 Å². The summed E-state index contributed by atoms with van der Waals surface area (Å²) in [6.07, 6.45) is 1.62. The molecule has 0 radical (unpaired) electrons. The minimum absolute atomic E-state index is 0.643. The Labute approximate surface area is 83.3 Å². The second-order valence-electron chi connectivity index (χ2n) is 2.48. The molecule has 0 saturated heterocycles. The Morgan fingerprint density at radius 1 is 1.54 bits per heavy atom. The Morgan fingerprint density at radius 3 is 3.08 bits per heavy atom. The molecule has 0 heterocycles. The van der Waals surface area contributed by atoms with Crippen molar-refractivity contribution in [3.05, 3.63) is 29.8 Å². The van der Waals surface area contributed by atoms with Crippen LogP contribution in [-0.4, -0.2) is 18.7 Å². The largest absolute Gasteiger partial charge is 0.497 e. The van der Waals surface area contributed by atoms with Gasteiger partial charge in [-0.1, -0.05) is 24.4 Å². The van der Waals surface area contributed by atoms with Crippen molar-refractivity contribution in [2.45, 2.75) is 6.54 Å². The molecule has 0 aromatic heterocycles. The van der Waals surface area contributed by atoms with Crippen LogP contribution in [-0.2, 0) is 6.54 Å². The van der Waals surface area contributed by atoms with Gasteiger partial charge in [-0.15, -0.1) is 0 Å². The van der Waals surface area contributed by atoms with Gasteiger partial charge in [0.05, 0.1) is 13.7 Å². The van der Waals surface area contributed by atoms with Gasteiger partial charge < -0.3 is 4.74 Å². The molecule has 0 atom stereocenters. The topological polar surface area (TPSA) is 21.6 Å². The minimum atomic E-state index is 0.643. The lowest BCUT2D eigenvalue weighted by Crippen LogP contribution is -1.86. The van der Waals surface area contributed by atoms with Gasteiger partial charge in [0.2, 0.25) is 0 Å². The van der Waals surface area contributed by atoms with E-state index in [4.69, 9.17) is 4.74 Å². The maximum atomic E-state index is 5.08. The van der Waals surface area contributed by atoms with Gasteiger partial charge in [0.15, 0.2) is 0 Å². The number of ether oxygens (including phenoxy) is 1. The van der Waals surface area contributed by atoms with E-state index in [1.165, 1.54) is 5.37 Å². The van der Waals surface area contributed by atoms with Crippen molar-refractivity contribution in [1.29, 1.82) is 0 Å². The smallest absolute Gasteiger partial charge is 0.119 e. The van der Waals surface area contributed by atoms with Gasteiger partial charge in [0.25, 0.3) is 0 Å². The molecule has 0 aliphatic carbocycles. The first kappa shape index (κ1) is 9.86. The Morgan fingerprint density at radius 2 is 2.38 bits per heavy atom. The predicted molar refractivity (Wildman–Crippen MR) is 58.8 cm³/mol. The minimum Gasteiger partial charge on any atom is -0.497 e. The number of thiocarbonyl (C=S) groups is 1. The molecule has 0 saturated carbocycles. The molecule has 0 spiro atoms. The quantitative estimate of drug-likeness (QED) is 0.540. The van der Waals surface area contributed by atoms with E-state index < -0.39 is 0 Å². The maximum Gasteiger partial charge on any atom is 0.119 e. The van der Waals surface area contributed by atoms with Gasteiger partial charge in [0.1, 0.15) is 5.75 Å². The highest BCUT2D eigenvalue weighted by Gasteiger charge is 1.92. The lowest BCUT2D eigenvalue weighted by Gasteiger charge is -2.00. The van der Waals surface area contributed by atoms with E-state index in [0.29, 0.717) is 6.54 Å². The zero-order valence-corrected chi connectivity index (χ0v) is 8.25. The van der Waals surface area contributed by atoms with E-state index in [1.807, 2.05) is 24.3 Å². The normalized spacial score (nSPS) is 10.2. The van der Waals surface area contributed by atoms with Crippen LogP contribution >= 0.6 is 12.2 Å². The van der Waals surface area contributed by atoms with Gasteiger partial charge in [-0.25, -0.2) is 0 Å². The van der Waals surface area contributed by atoms with Crippen molar-refractivity contribution in [3.63, 3.8) is 0 Å². The van der Waals surface area contributed by atoms with Gasteiger partial charge >= 0.3 is 0 Å². The average Bonchev–Trinajstić information content (AvgIpc) is 2.19. The fourth-order valence-corrected chi connectivity index (χ4v) is 1.06. The lowest BCUT2D eigenvalue weighted by molar-refractivity contribution is 0.414. The summed E-state index contributed by atoms with van der Waals surface area (Å²) in [4.78, 5) is 4.10. The SMILES string of the molecule is COc1cccc(CN=CC=S)c1. The van der Waals surface area contributed by atoms with Crippen molar-refractivity contribution in [2.24, 2.45) is 4.99 Å². The van der Waals surface area contributed by atoms with Crippen molar-refractivity contribution in [3.8, 4) is 5.75 Å². The fraction of sp³-hybridized carbons (Fsp3) is 0.200. The van der Waals surface area contributed by atoms with Crippen LogP contribution in [0.15, 0.2) is 29.3 Å². The molecule has 0 N–H and O–H groups in total. The molecule has 0 unspecified atom stereocenters. The first-order chi connectivity index (χ1) is 6.36. The summed E-state index contributed by atoms with van der Waals surface area (Å²) in [5.41, 5.74) is 1.12. The number of methoxy groups -OCH3 is 1. The molecule has 0 fully saturated rings. The second kappa shape index (κ2) is 5.43. The Kier molecular flexibility index (Phi) is 4.12. The van der Waals surface area contributed by atoms with Crippen LogP contribution in [0.4, 0.5) is 0 Å². The zero-order valence-electron chi connectivity index (χ0n) is 7.43. The molecule has 1 aromatic rings. The molecule has 68 valence electrons. The van der Waals surface area contributed by atoms with Crippen LogP contribution < -0.4 is 4.74 Å². The van der Waals surface area contributed by atoms with E-state index in [1.54, 1.807) is 13.3 Å². The molecule has 1 rings (SSSR count). The highest BCUT2D eigenvalue weighted by Crippen LogP contribution is 2.12. The lowest BCUT2D eigenvalue weighted by atomic mass is 10.2. The van der Waals surface area contributed by atoms with E-state index in [-0.39, 0.29) is 0 Å². The first-order valence-electron chi connectivity index (χ1n) is 3.93. The molecule has 3 heteroatoms. The van der Waals surface area contributed by atoms with Crippen LogP contribution in [0.5, 0.6) is 5.75 Å². The number of aliphatic imine (C=N–C) groups is 1. The van der Waals surface area contributed by atoms with Crippen LogP contribution in [0.25, 0.3) is 0 Å². The molecular weight excluding hydrogens is 182 g/mol. The van der Waals surface area contributed by atoms with E-state index in [9.17, 15) is 0 Å². The molecule has 13 heavy (non-hydrogen) atoms. The van der Waals surface area contributed by atoms with E-state index in [2.05, 4.69) is 17.2 Å². The Hall–Kier alpha value is -1.22. The summed E-state index contributed by atoms with van der Waals surface area (Å²) >= 11 is 4.62. The van der Waals surface area contributed by atoms with E-state index >= 15 is 0 Å². The van der Waals surface area contributed by atoms with Crippen LogP contribution in [0.1, 0.15) is 5.56 Å². The van der Waals surface area contributed by atoms with Crippen molar-refractivity contribution >= 4 is 23.8 Å². The summed E-state index contributed by atoms with van der Waals surface area (Å²) in [6.45, 7) is 0.643. The summed E-state index contributed by atoms with van der Waals surface area (Å²) in [6, 6.07) is 7.82. The average molecular weight is 193 g/mol. The molecule has 0 amide bonds. The summed E-state index contributed by atoms with van der Waals surface area (Å²) in [7, 11) is 1.65. The van der Waals surface area contributed by atoms with Gasteiger partial charge in [-0.3, -0.25) is 4.99 Å². The number of rotatable bonds is 4. The van der Waals surface area contributed by atoms with Gasteiger partial charge in [-0.05, 0) is 17.7 Å². The summed E-state index contributed by atoms with van der Waals surface area (Å²) in [5.74, 6) is 0.857. The highest BCUT2D eigenvalue weighted by atomic mass is 32.1. The van der Waals surface area contributed by atoms with Crippen LogP contribution in [0, 0.1) is 0 Å². The Bertz CT molecular complexity index is 310. The summed E-state index contributed by atoms with van der Waals surface area (Å²) < 4.78 is 5.08. The van der Waals surface area contributed by atoms with Crippen molar-refractivity contribution in [2.75, 3.05) is 7.11 Å². The molecular formula is C10H11NOS. The third-order valence-electron chi connectivity index (χ3n) is 1.57. The molecule has 0 bridgehead atoms. The summed E-state index contributed by atoms with van der Waals surface area (Å²) in [5, 5.41) is 1.50. The highest BCUT2D eigenvalue weighted by molar-refractivity contribution is 7.80. The fourth-order valence-electron chi connectivity index (χ4n) is 0.972. The van der Waals surface area contributed by atoms with Gasteiger partial charge in [0, 0.05) is 11.6 Å². The molecule has 1 aromatic carbocycles. The predicted octanol–water partition coefficient (Wildman–Crippen LogP) is 2.27. The van der Waals surface area contributed by atoms with Crippen molar-refractivity contribution < 1.29 is 4.74 Å². The Balaban J connectivity index is 2.66. The number of nitrogens with zero attached hydrogens (tertiary/aromatic N) is 1. The monoisotopic (exact) mass is 193 g/mol. The van der Waals surface area contributed by atoms with Gasteiger partial charge in [-0.2, -0.15) is 0 Å². The van der Waals surface area contributed by atoms with Crippen molar-refractivity contribution in [1.82, 2.24) is 0 Å². The van der Waals surface area contributed by atoms with Crippen LogP contribution in [0.3, 0.4) is 0 Å². The second-order valence-corrected chi connectivity index (χ2v) is 2.75. The first-order valence-corrected chi connectivity index (χ1v) is 4.40.